The van der Waals surface area contributed by atoms with Crippen molar-refractivity contribution in [1.82, 2.24) is 0 Å². The first kappa shape index (κ1) is 15.6. The second kappa shape index (κ2) is 6.77. The number of hydrogen-bond acceptors (Lipinski definition) is 2. The summed E-state index contributed by atoms with van der Waals surface area (Å²) in [6.45, 7) is 6.43. The van der Waals surface area contributed by atoms with Gasteiger partial charge in [-0.2, -0.15) is 0 Å². The highest BCUT2D eigenvalue weighted by Crippen LogP contribution is 2.27. The number of rotatable bonds is 5. The molecule has 2 aromatic rings. The molecule has 0 amide bonds. The fourth-order valence-corrected chi connectivity index (χ4v) is 2.74. The first-order chi connectivity index (χ1) is 10.1. The largest absolute Gasteiger partial charge is 0.496 e. The minimum absolute atomic E-state index is 0.115. The van der Waals surface area contributed by atoms with Crippen molar-refractivity contribution in [1.29, 1.82) is 0 Å². The molecule has 0 heterocycles. The van der Waals surface area contributed by atoms with Crippen LogP contribution in [0.5, 0.6) is 5.75 Å². The third-order valence-electron chi connectivity index (χ3n) is 4.14. The summed E-state index contributed by atoms with van der Waals surface area (Å²) < 4.78 is 5.40. The van der Waals surface area contributed by atoms with Crippen molar-refractivity contribution in [3.63, 3.8) is 0 Å². The Morgan fingerprint density at radius 3 is 2.19 bits per heavy atom. The van der Waals surface area contributed by atoms with Crippen LogP contribution >= 0.6 is 0 Å². The molecule has 0 saturated carbocycles. The van der Waals surface area contributed by atoms with Crippen LogP contribution in [0.4, 0.5) is 0 Å². The number of aryl methyl sites for hydroxylation is 3. The Kier molecular flexibility index (Phi) is 5.03. The summed E-state index contributed by atoms with van der Waals surface area (Å²) >= 11 is 0. The highest BCUT2D eigenvalue weighted by Gasteiger charge is 2.12. The average molecular weight is 283 g/mol. The molecule has 1 atom stereocenters. The maximum atomic E-state index is 6.45. The van der Waals surface area contributed by atoms with E-state index in [0.717, 1.165) is 35.3 Å². The minimum Gasteiger partial charge on any atom is -0.496 e. The maximum Gasteiger partial charge on any atom is 0.122 e. The van der Waals surface area contributed by atoms with Crippen LogP contribution in [0, 0.1) is 6.92 Å². The van der Waals surface area contributed by atoms with Crippen molar-refractivity contribution in [3.8, 4) is 5.75 Å². The van der Waals surface area contributed by atoms with E-state index in [4.69, 9.17) is 10.5 Å². The van der Waals surface area contributed by atoms with Crippen LogP contribution in [0.25, 0.3) is 0 Å². The quantitative estimate of drug-likeness (QED) is 0.893. The molecule has 2 aromatic carbocycles. The first-order valence-corrected chi connectivity index (χ1v) is 7.62. The lowest BCUT2D eigenvalue weighted by Gasteiger charge is -2.17. The lowest BCUT2D eigenvalue weighted by atomic mass is 9.93. The maximum absolute atomic E-state index is 6.45. The van der Waals surface area contributed by atoms with E-state index in [-0.39, 0.29) is 6.04 Å². The van der Waals surface area contributed by atoms with E-state index in [1.54, 1.807) is 7.11 Å². The molecule has 0 aliphatic rings. The van der Waals surface area contributed by atoms with E-state index in [1.165, 1.54) is 11.1 Å². The standard InChI is InChI=1S/C19H25NO/c1-5-14-9-10-16(11-15(14)6-2)19(20)17-8-7-13(3)18(12-17)21-4/h7-12,19H,5-6,20H2,1-4H3. The van der Waals surface area contributed by atoms with Gasteiger partial charge in [0.2, 0.25) is 0 Å². The summed E-state index contributed by atoms with van der Waals surface area (Å²) in [6, 6.07) is 12.7. The summed E-state index contributed by atoms with van der Waals surface area (Å²) in [6.07, 6.45) is 2.11. The van der Waals surface area contributed by atoms with Crippen LogP contribution < -0.4 is 10.5 Å². The zero-order valence-electron chi connectivity index (χ0n) is 13.4. The molecule has 2 rings (SSSR count). The van der Waals surface area contributed by atoms with Gasteiger partial charge in [0.25, 0.3) is 0 Å². The zero-order valence-corrected chi connectivity index (χ0v) is 13.4. The molecule has 0 aliphatic heterocycles. The van der Waals surface area contributed by atoms with Crippen LogP contribution in [-0.4, -0.2) is 7.11 Å². The fraction of sp³-hybridized carbons (Fsp3) is 0.368. The SMILES string of the molecule is CCc1ccc(C(N)c2ccc(C)c(OC)c2)cc1CC. The predicted molar refractivity (Wildman–Crippen MR) is 89.0 cm³/mol. The summed E-state index contributed by atoms with van der Waals surface area (Å²) in [4.78, 5) is 0. The number of ether oxygens (including phenoxy) is 1. The van der Waals surface area contributed by atoms with E-state index in [1.807, 2.05) is 13.0 Å². The number of nitrogens with two attached hydrogens (primary N) is 1. The Balaban J connectivity index is 2.37. The lowest BCUT2D eigenvalue weighted by molar-refractivity contribution is 0.411. The van der Waals surface area contributed by atoms with Crippen LogP contribution in [-0.2, 0) is 12.8 Å². The third-order valence-corrected chi connectivity index (χ3v) is 4.14. The third kappa shape index (κ3) is 3.27. The van der Waals surface area contributed by atoms with Crippen molar-refractivity contribution in [2.75, 3.05) is 7.11 Å². The monoisotopic (exact) mass is 283 g/mol. The molecule has 0 bridgehead atoms. The summed E-state index contributed by atoms with van der Waals surface area (Å²) in [5.74, 6) is 0.892. The van der Waals surface area contributed by atoms with Crippen LogP contribution in [0.2, 0.25) is 0 Å². The molecule has 2 N–H and O–H groups in total. The van der Waals surface area contributed by atoms with E-state index >= 15 is 0 Å². The van der Waals surface area contributed by atoms with Gasteiger partial charge in [0.05, 0.1) is 13.2 Å². The Labute approximate surface area is 127 Å². The first-order valence-electron chi connectivity index (χ1n) is 7.62. The highest BCUT2D eigenvalue weighted by molar-refractivity contribution is 5.43. The molecule has 0 aliphatic carbocycles. The molecule has 21 heavy (non-hydrogen) atoms. The van der Waals surface area contributed by atoms with Crippen molar-refractivity contribution in [3.05, 3.63) is 64.2 Å². The van der Waals surface area contributed by atoms with Crippen LogP contribution in [0.3, 0.4) is 0 Å². The second-order valence-electron chi connectivity index (χ2n) is 5.44. The van der Waals surface area contributed by atoms with E-state index in [2.05, 4.69) is 44.2 Å². The highest BCUT2D eigenvalue weighted by atomic mass is 16.5. The molecule has 0 aromatic heterocycles. The minimum atomic E-state index is -0.115. The number of methoxy groups -OCH3 is 1. The molecule has 2 nitrogen and oxygen atoms in total. The molecule has 2 heteroatoms. The van der Waals surface area contributed by atoms with Gasteiger partial charge in [-0.05, 0) is 53.6 Å². The number of benzene rings is 2. The van der Waals surface area contributed by atoms with Gasteiger partial charge in [0.15, 0.2) is 0 Å². The zero-order chi connectivity index (χ0) is 15.4. The molecule has 1 unspecified atom stereocenters. The Morgan fingerprint density at radius 2 is 1.57 bits per heavy atom. The van der Waals surface area contributed by atoms with Crippen molar-refractivity contribution in [2.24, 2.45) is 5.73 Å². The fourth-order valence-electron chi connectivity index (χ4n) is 2.74. The van der Waals surface area contributed by atoms with Gasteiger partial charge in [0.1, 0.15) is 5.75 Å². The summed E-state index contributed by atoms with van der Waals surface area (Å²) in [5.41, 5.74) is 12.6. The molecular formula is C19H25NO. The molecule has 0 radical (unpaired) electrons. The molecule has 0 fully saturated rings. The van der Waals surface area contributed by atoms with Gasteiger partial charge in [-0.3, -0.25) is 0 Å². The van der Waals surface area contributed by atoms with Gasteiger partial charge < -0.3 is 10.5 Å². The average Bonchev–Trinajstić information content (AvgIpc) is 2.53. The normalized spacial score (nSPS) is 12.2. The number of hydrogen-bond donors (Lipinski definition) is 1. The van der Waals surface area contributed by atoms with Gasteiger partial charge in [-0.25, -0.2) is 0 Å². The molecule has 0 spiro atoms. The van der Waals surface area contributed by atoms with E-state index in [9.17, 15) is 0 Å². The van der Waals surface area contributed by atoms with Crippen LogP contribution in [0.1, 0.15) is 47.7 Å². The van der Waals surface area contributed by atoms with Crippen LogP contribution in [0.15, 0.2) is 36.4 Å². The van der Waals surface area contributed by atoms with Crippen molar-refractivity contribution >= 4 is 0 Å². The van der Waals surface area contributed by atoms with Gasteiger partial charge in [0, 0.05) is 0 Å². The van der Waals surface area contributed by atoms with Crippen molar-refractivity contribution < 1.29 is 4.74 Å². The Morgan fingerprint density at radius 1 is 0.952 bits per heavy atom. The molecular weight excluding hydrogens is 258 g/mol. The van der Waals surface area contributed by atoms with E-state index < -0.39 is 0 Å². The smallest absolute Gasteiger partial charge is 0.122 e. The molecule has 0 saturated heterocycles. The molecule has 112 valence electrons. The topological polar surface area (TPSA) is 35.2 Å². The lowest BCUT2D eigenvalue weighted by Crippen LogP contribution is -2.13. The Hall–Kier alpha value is -1.80. The summed E-state index contributed by atoms with van der Waals surface area (Å²) in [7, 11) is 1.70. The van der Waals surface area contributed by atoms with E-state index in [0.29, 0.717) is 0 Å². The summed E-state index contributed by atoms with van der Waals surface area (Å²) in [5, 5.41) is 0. The second-order valence-corrected chi connectivity index (χ2v) is 5.44. The van der Waals surface area contributed by atoms with Gasteiger partial charge in [-0.15, -0.1) is 0 Å². The van der Waals surface area contributed by atoms with Crippen molar-refractivity contribution in [2.45, 2.75) is 39.7 Å². The Bertz CT molecular complexity index is 619. The predicted octanol–water partition coefficient (Wildman–Crippen LogP) is 4.18. The van der Waals surface area contributed by atoms with Gasteiger partial charge in [-0.1, -0.05) is 44.2 Å². The van der Waals surface area contributed by atoms with Gasteiger partial charge >= 0.3 is 0 Å².